The van der Waals surface area contributed by atoms with Crippen LogP contribution in [0.25, 0.3) is 0 Å². The quantitative estimate of drug-likeness (QED) is 0.399. The monoisotopic (exact) mass is 128 g/mol. The number of quaternary nitrogens is 1. The molecule has 0 aromatic carbocycles. The predicted molar refractivity (Wildman–Crippen MR) is 35.4 cm³/mol. The fourth-order valence-corrected chi connectivity index (χ4v) is 2.59. The normalized spacial score (nSPS) is 27.9. The summed E-state index contributed by atoms with van der Waals surface area (Å²) < 4.78 is 3.69. The van der Waals surface area contributed by atoms with E-state index in [-0.39, 0.29) is 0 Å². The first-order valence-electron chi connectivity index (χ1n) is 2.99. The molecule has 0 aliphatic carbocycles. The summed E-state index contributed by atoms with van der Waals surface area (Å²) >= 11 is 0.523. The van der Waals surface area contributed by atoms with Gasteiger partial charge in [0.1, 0.15) is 0 Å². The van der Waals surface area contributed by atoms with Crippen molar-refractivity contribution in [2.24, 2.45) is 0 Å². The van der Waals surface area contributed by atoms with E-state index in [0.717, 1.165) is 0 Å². The maximum absolute atomic E-state index is 2.44. The van der Waals surface area contributed by atoms with Crippen LogP contribution in [0, 0.1) is 0 Å². The zero-order chi connectivity index (χ0) is 6.20. The maximum Gasteiger partial charge on any atom is 0.800 e. The van der Waals surface area contributed by atoms with E-state index in [1.165, 1.54) is 16.6 Å². The van der Waals surface area contributed by atoms with Gasteiger partial charge in [-0.2, -0.15) is 0 Å². The highest BCUT2D eigenvalue weighted by Crippen LogP contribution is 2.03. The molecule has 2 nitrogen and oxygen atoms in total. The highest BCUT2D eigenvalue weighted by atomic mass is 27.1. The Kier molecular flexibility index (Phi) is 1.64. The third-order valence-corrected chi connectivity index (χ3v) is 3.07. The number of likely N-dealkylation sites (N-methyl/N-ethyl adjacent to an activating group) is 2. The highest BCUT2D eigenvalue weighted by molar-refractivity contribution is 6.23. The average molecular weight is 128 g/mol. The van der Waals surface area contributed by atoms with Gasteiger partial charge in [-0.15, -0.1) is 0 Å². The zero-order valence-electron chi connectivity index (χ0n) is 5.89. The van der Waals surface area contributed by atoms with Crippen LogP contribution >= 0.6 is 0 Å². The zero-order valence-corrected chi connectivity index (χ0v) is 7.04. The van der Waals surface area contributed by atoms with Crippen LogP contribution in [0.3, 0.4) is 0 Å². The average Bonchev–Trinajstić information content (AvgIpc) is 1.82. The molecular formula is C5H13AlN2+. The van der Waals surface area contributed by atoms with Crippen molar-refractivity contribution in [3.05, 3.63) is 0 Å². The fraction of sp³-hybridized carbons (Fsp3) is 1.00. The lowest BCUT2D eigenvalue weighted by molar-refractivity contribution is -0.771. The highest BCUT2D eigenvalue weighted by Gasteiger charge is 2.34. The van der Waals surface area contributed by atoms with E-state index in [9.17, 15) is 0 Å². The third-order valence-electron chi connectivity index (χ3n) is 1.54. The molecule has 45 valence electrons. The SMILES string of the molecule is C[N]1CC[N+](C)(C)[Al]1. The van der Waals surface area contributed by atoms with Gasteiger partial charge >= 0.3 is 15.7 Å². The van der Waals surface area contributed by atoms with E-state index >= 15 is 0 Å². The number of hydrogen-bond acceptors (Lipinski definition) is 1. The van der Waals surface area contributed by atoms with Crippen molar-refractivity contribution < 1.29 is 3.47 Å². The molecule has 0 atom stereocenters. The lowest BCUT2D eigenvalue weighted by Crippen LogP contribution is -2.41. The molecular weight excluding hydrogens is 115 g/mol. The van der Waals surface area contributed by atoms with Gasteiger partial charge in [-0.05, 0) is 7.05 Å². The first kappa shape index (κ1) is 6.57. The number of nitrogens with zero attached hydrogens (tertiary/aromatic N) is 2. The second kappa shape index (κ2) is 2.00. The first-order valence-corrected chi connectivity index (χ1v) is 4.02. The van der Waals surface area contributed by atoms with Crippen LogP contribution in [-0.4, -0.2) is 57.2 Å². The lowest BCUT2D eigenvalue weighted by atomic mass is 10.6. The summed E-state index contributed by atoms with van der Waals surface area (Å²) in [5, 5.41) is 0. The molecule has 0 aromatic rings. The molecule has 1 aliphatic heterocycles. The van der Waals surface area contributed by atoms with Crippen molar-refractivity contribution in [1.29, 1.82) is 0 Å². The Morgan fingerprint density at radius 1 is 1.50 bits per heavy atom. The van der Waals surface area contributed by atoms with Crippen molar-refractivity contribution in [2.45, 2.75) is 0 Å². The first-order chi connectivity index (χ1) is 3.60. The Morgan fingerprint density at radius 2 is 2.12 bits per heavy atom. The van der Waals surface area contributed by atoms with Crippen LogP contribution in [0.1, 0.15) is 0 Å². The van der Waals surface area contributed by atoms with Crippen molar-refractivity contribution >= 4 is 15.7 Å². The van der Waals surface area contributed by atoms with Crippen molar-refractivity contribution in [1.82, 2.24) is 3.88 Å². The molecule has 0 aromatic heterocycles. The van der Waals surface area contributed by atoms with E-state index in [0.29, 0.717) is 15.7 Å². The lowest BCUT2D eigenvalue weighted by Gasteiger charge is -2.24. The van der Waals surface area contributed by atoms with Crippen molar-refractivity contribution in [2.75, 3.05) is 34.2 Å². The van der Waals surface area contributed by atoms with Gasteiger partial charge in [-0.3, -0.25) is 0 Å². The maximum atomic E-state index is 2.44. The topological polar surface area (TPSA) is 3.24 Å². The minimum absolute atomic E-state index is 0.523. The predicted octanol–water partition coefficient (Wildman–Crippen LogP) is -0.458. The Balaban J connectivity index is 2.44. The Morgan fingerprint density at radius 3 is 2.25 bits per heavy atom. The van der Waals surface area contributed by atoms with Gasteiger partial charge in [-0.25, -0.2) is 0 Å². The molecule has 1 rings (SSSR count). The summed E-state index contributed by atoms with van der Waals surface area (Å²) in [4.78, 5) is 0. The summed E-state index contributed by atoms with van der Waals surface area (Å²) in [7, 11) is 6.82. The van der Waals surface area contributed by atoms with Gasteiger partial charge in [0.15, 0.2) is 0 Å². The van der Waals surface area contributed by atoms with Crippen LogP contribution in [-0.2, 0) is 0 Å². The Bertz CT molecular complexity index is 92.4. The van der Waals surface area contributed by atoms with Crippen LogP contribution in [0.4, 0.5) is 0 Å². The van der Waals surface area contributed by atoms with Gasteiger partial charge in [0.05, 0.1) is 6.54 Å². The van der Waals surface area contributed by atoms with Gasteiger partial charge in [-0.1, -0.05) is 0 Å². The van der Waals surface area contributed by atoms with E-state index < -0.39 is 0 Å². The Hall–Kier alpha value is 0.452. The van der Waals surface area contributed by atoms with Crippen molar-refractivity contribution in [3.63, 3.8) is 0 Å². The molecule has 0 saturated carbocycles. The molecule has 0 bridgehead atoms. The van der Waals surface area contributed by atoms with Crippen LogP contribution in [0.2, 0.25) is 0 Å². The Labute approximate surface area is 57.8 Å². The molecule has 1 heterocycles. The number of rotatable bonds is 0. The fourth-order valence-electron chi connectivity index (χ4n) is 1.06. The van der Waals surface area contributed by atoms with E-state index in [4.69, 9.17) is 0 Å². The summed E-state index contributed by atoms with van der Waals surface area (Å²) in [6.07, 6.45) is 0. The molecule has 1 radical (unpaired) electrons. The minimum atomic E-state index is 0.523. The summed E-state index contributed by atoms with van der Waals surface area (Å²) in [6, 6.07) is 0. The van der Waals surface area contributed by atoms with E-state index in [1.807, 2.05) is 0 Å². The molecule has 1 fully saturated rings. The summed E-state index contributed by atoms with van der Waals surface area (Å²) in [5.41, 5.74) is 0. The summed E-state index contributed by atoms with van der Waals surface area (Å²) in [5.74, 6) is 0. The van der Waals surface area contributed by atoms with Gasteiger partial charge in [0, 0.05) is 20.6 Å². The minimum Gasteiger partial charge on any atom is -0.474 e. The van der Waals surface area contributed by atoms with E-state index in [1.54, 1.807) is 0 Å². The van der Waals surface area contributed by atoms with E-state index in [2.05, 4.69) is 25.0 Å². The largest absolute Gasteiger partial charge is 0.800 e. The molecule has 0 N–H and O–H groups in total. The second-order valence-corrected chi connectivity index (χ2v) is 5.61. The third kappa shape index (κ3) is 1.46. The molecule has 3 heteroatoms. The standard InChI is InChI=1S/C5H13N2.Al/c1-6-4-5-7(2)3;/h4-5H2,1-3H3;/q-1;+2. The molecule has 8 heavy (non-hydrogen) atoms. The molecule has 1 saturated heterocycles. The molecule has 1 aliphatic rings. The second-order valence-electron chi connectivity index (χ2n) is 3.10. The summed E-state index contributed by atoms with van der Waals surface area (Å²) in [6.45, 7) is 2.63. The molecule has 0 spiro atoms. The molecule has 0 amide bonds. The van der Waals surface area contributed by atoms with Crippen molar-refractivity contribution in [3.8, 4) is 0 Å². The van der Waals surface area contributed by atoms with Gasteiger partial charge in [0.2, 0.25) is 0 Å². The van der Waals surface area contributed by atoms with Gasteiger partial charge < -0.3 is 7.35 Å². The number of hydrogen-bond donors (Lipinski definition) is 0. The molecule has 0 unspecified atom stereocenters. The van der Waals surface area contributed by atoms with Crippen LogP contribution < -0.4 is 0 Å². The van der Waals surface area contributed by atoms with Crippen LogP contribution in [0.5, 0.6) is 0 Å². The van der Waals surface area contributed by atoms with Crippen LogP contribution in [0.15, 0.2) is 0 Å². The van der Waals surface area contributed by atoms with Gasteiger partial charge in [0.25, 0.3) is 0 Å². The smallest absolute Gasteiger partial charge is 0.474 e.